The number of aryl methyl sites for hydroxylation is 1. The highest BCUT2D eigenvalue weighted by Gasteiger charge is 2.13. The number of nitrogens with one attached hydrogen (secondary N) is 1. The van der Waals surface area contributed by atoms with Gasteiger partial charge in [0.05, 0.1) is 0 Å². The minimum Gasteiger partial charge on any atom is -0.342 e. The van der Waals surface area contributed by atoms with Gasteiger partial charge in [0, 0.05) is 24.8 Å². The largest absolute Gasteiger partial charge is 0.342 e. The number of H-pyrrole nitrogens is 1. The second kappa shape index (κ2) is 16.2. The zero-order valence-corrected chi connectivity index (χ0v) is 19.5. The lowest BCUT2D eigenvalue weighted by molar-refractivity contribution is 0.565. The fourth-order valence-electron chi connectivity index (χ4n) is 4.25. The fourth-order valence-corrected chi connectivity index (χ4v) is 4.25. The summed E-state index contributed by atoms with van der Waals surface area (Å²) in [4.78, 5) is 21.9. The molecule has 0 atom stereocenters. The molecule has 0 aromatic carbocycles. The Balaban J connectivity index is 1.48. The van der Waals surface area contributed by atoms with Crippen LogP contribution in [-0.4, -0.2) is 23.1 Å². The van der Waals surface area contributed by atoms with Crippen molar-refractivity contribution in [2.24, 2.45) is 0 Å². The van der Waals surface area contributed by atoms with Crippen LogP contribution >= 0.6 is 0 Å². The Morgan fingerprint density at radius 2 is 1.47 bits per heavy atom. The third-order valence-corrected chi connectivity index (χ3v) is 6.13. The lowest BCUT2D eigenvalue weighted by atomic mass is 10.1. The normalized spacial score (nSPS) is 14.6. The van der Waals surface area contributed by atoms with E-state index in [1.807, 2.05) is 0 Å². The van der Waals surface area contributed by atoms with Crippen LogP contribution in [-0.2, 0) is 6.42 Å². The van der Waals surface area contributed by atoms with E-state index in [2.05, 4.69) is 29.0 Å². The number of allylic oxidation sites excluding steroid dienone is 2. The average Bonchev–Trinajstić information content (AvgIpc) is 2.76. The first-order chi connectivity index (χ1) is 14.8. The molecule has 1 aliphatic heterocycles. The Bertz CT molecular complexity index is 631. The summed E-state index contributed by atoms with van der Waals surface area (Å²) in [5.41, 5.74) is 0.949. The number of rotatable bonds is 16. The van der Waals surface area contributed by atoms with Crippen LogP contribution in [0.3, 0.4) is 0 Å². The molecule has 4 heteroatoms. The molecule has 0 saturated carbocycles. The van der Waals surface area contributed by atoms with Crippen LogP contribution in [0.2, 0.25) is 0 Å². The molecule has 1 fully saturated rings. The van der Waals surface area contributed by atoms with E-state index in [0.717, 1.165) is 37.6 Å². The Hall–Kier alpha value is -1.58. The smallest absolute Gasteiger partial charge is 0.252 e. The number of hydrogen-bond acceptors (Lipinski definition) is 3. The molecule has 0 bridgehead atoms. The average molecular weight is 416 g/mol. The van der Waals surface area contributed by atoms with Crippen LogP contribution in [0.25, 0.3) is 0 Å². The highest BCUT2D eigenvalue weighted by molar-refractivity contribution is 5.30. The molecule has 0 aliphatic carbocycles. The van der Waals surface area contributed by atoms with Gasteiger partial charge in [-0.15, -0.1) is 0 Å². The second-order valence-electron chi connectivity index (χ2n) is 8.94. The van der Waals surface area contributed by atoms with Crippen molar-refractivity contribution in [1.82, 2.24) is 9.97 Å². The number of aromatic amines is 1. The molecular formula is C26H45N3O. The molecule has 1 aromatic heterocycles. The van der Waals surface area contributed by atoms with E-state index in [1.54, 1.807) is 6.07 Å². The maximum atomic E-state index is 12.0. The summed E-state index contributed by atoms with van der Waals surface area (Å²) in [5.74, 6) is 0.782. The molecule has 0 spiro atoms. The Kier molecular flexibility index (Phi) is 13.3. The summed E-state index contributed by atoms with van der Waals surface area (Å²) in [6.07, 6.45) is 26.4. The molecule has 1 saturated heterocycles. The van der Waals surface area contributed by atoms with Gasteiger partial charge in [-0.2, -0.15) is 0 Å². The third-order valence-electron chi connectivity index (χ3n) is 6.13. The Labute approximate surface area is 184 Å². The fraction of sp³-hybridized carbons (Fsp3) is 0.769. The van der Waals surface area contributed by atoms with Crippen molar-refractivity contribution in [2.75, 3.05) is 18.0 Å². The van der Waals surface area contributed by atoms with Crippen molar-refractivity contribution in [2.45, 2.75) is 116 Å². The third kappa shape index (κ3) is 11.0. The minimum absolute atomic E-state index is 0.00619. The highest BCUT2D eigenvalue weighted by Crippen LogP contribution is 2.15. The summed E-state index contributed by atoms with van der Waals surface area (Å²) in [5, 5.41) is 0. The van der Waals surface area contributed by atoms with Gasteiger partial charge in [0.15, 0.2) is 0 Å². The van der Waals surface area contributed by atoms with Crippen LogP contribution in [0.1, 0.15) is 115 Å². The first-order valence-corrected chi connectivity index (χ1v) is 12.8. The highest BCUT2D eigenvalue weighted by atomic mass is 16.1. The molecule has 2 rings (SSSR count). The first kappa shape index (κ1) is 24.7. The number of aromatic nitrogens is 2. The van der Waals surface area contributed by atoms with Gasteiger partial charge >= 0.3 is 0 Å². The van der Waals surface area contributed by atoms with Crippen LogP contribution in [0.4, 0.5) is 5.95 Å². The zero-order chi connectivity index (χ0) is 21.3. The van der Waals surface area contributed by atoms with Crippen molar-refractivity contribution in [3.05, 3.63) is 34.3 Å². The van der Waals surface area contributed by atoms with Gasteiger partial charge in [0.2, 0.25) is 5.95 Å². The molecule has 4 nitrogen and oxygen atoms in total. The Morgan fingerprint density at radius 3 is 2.13 bits per heavy atom. The van der Waals surface area contributed by atoms with Crippen LogP contribution < -0.4 is 10.5 Å². The van der Waals surface area contributed by atoms with Crippen LogP contribution in [0.5, 0.6) is 0 Å². The van der Waals surface area contributed by atoms with E-state index in [9.17, 15) is 4.79 Å². The van der Waals surface area contributed by atoms with E-state index < -0.39 is 0 Å². The van der Waals surface area contributed by atoms with Crippen LogP contribution in [0.15, 0.2) is 23.0 Å². The van der Waals surface area contributed by atoms with Gasteiger partial charge in [-0.25, -0.2) is 4.98 Å². The molecule has 0 unspecified atom stereocenters. The first-order valence-electron chi connectivity index (χ1n) is 12.8. The quantitative estimate of drug-likeness (QED) is 0.235. The van der Waals surface area contributed by atoms with Crippen molar-refractivity contribution in [1.29, 1.82) is 0 Å². The number of hydrogen-bond donors (Lipinski definition) is 1. The van der Waals surface area contributed by atoms with Crippen molar-refractivity contribution >= 4 is 5.95 Å². The zero-order valence-electron chi connectivity index (χ0n) is 19.5. The molecule has 170 valence electrons. The second-order valence-corrected chi connectivity index (χ2v) is 8.94. The molecule has 0 radical (unpaired) electrons. The molecule has 1 aromatic rings. The Morgan fingerprint density at radius 1 is 0.867 bits per heavy atom. The van der Waals surface area contributed by atoms with Crippen molar-refractivity contribution < 1.29 is 0 Å². The molecule has 0 amide bonds. The molecule has 1 N–H and O–H groups in total. The maximum Gasteiger partial charge on any atom is 0.252 e. The predicted octanol–water partition coefficient (Wildman–Crippen LogP) is 6.95. The predicted molar refractivity (Wildman–Crippen MR) is 129 cm³/mol. The van der Waals surface area contributed by atoms with Crippen molar-refractivity contribution in [3.8, 4) is 0 Å². The number of unbranched alkanes of at least 4 members (excludes halogenated alkanes) is 11. The van der Waals surface area contributed by atoms with Gasteiger partial charge in [-0.1, -0.05) is 70.4 Å². The van der Waals surface area contributed by atoms with E-state index in [-0.39, 0.29) is 5.56 Å². The summed E-state index contributed by atoms with van der Waals surface area (Å²) >= 11 is 0. The number of anilines is 1. The monoisotopic (exact) mass is 415 g/mol. The SMILES string of the molecule is CCCCCCCCC=CCCCCCCCc1cc(=O)[nH]c(N2CCCCC2)n1. The van der Waals surface area contributed by atoms with Gasteiger partial charge < -0.3 is 4.90 Å². The lowest BCUT2D eigenvalue weighted by Crippen LogP contribution is -2.32. The molecule has 30 heavy (non-hydrogen) atoms. The van der Waals surface area contributed by atoms with E-state index in [4.69, 9.17) is 4.98 Å². The standard InChI is InChI=1S/C26H45N3O/c1-2-3-4-5-6-7-8-9-10-11-12-13-14-15-17-20-24-23-25(30)28-26(27-24)29-21-18-16-19-22-29/h9-10,23H,2-8,11-22H2,1H3,(H,27,28,30). The molecule has 2 heterocycles. The summed E-state index contributed by atoms with van der Waals surface area (Å²) in [6, 6.07) is 1.68. The van der Waals surface area contributed by atoms with Crippen LogP contribution in [0, 0.1) is 0 Å². The number of nitrogens with zero attached hydrogens (tertiary/aromatic N) is 2. The molecule has 1 aliphatic rings. The summed E-state index contributed by atoms with van der Waals surface area (Å²) < 4.78 is 0. The minimum atomic E-state index is -0.00619. The van der Waals surface area contributed by atoms with Gasteiger partial charge in [-0.3, -0.25) is 9.78 Å². The summed E-state index contributed by atoms with van der Waals surface area (Å²) in [6.45, 7) is 4.30. The van der Waals surface area contributed by atoms with Crippen molar-refractivity contribution in [3.63, 3.8) is 0 Å². The van der Waals surface area contributed by atoms with Gasteiger partial charge in [-0.05, 0) is 57.8 Å². The summed E-state index contributed by atoms with van der Waals surface area (Å²) in [7, 11) is 0. The number of piperidine rings is 1. The maximum absolute atomic E-state index is 12.0. The van der Waals surface area contributed by atoms with Gasteiger partial charge in [0.25, 0.3) is 5.56 Å². The lowest BCUT2D eigenvalue weighted by Gasteiger charge is -2.27. The molecular weight excluding hydrogens is 370 g/mol. The van der Waals surface area contributed by atoms with E-state index in [0.29, 0.717) is 0 Å². The topological polar surface area (TPSA) is 49.0 Å². The van der Waals surface area contributed by atoms with Gasteiger partial charge in [0.1, 0.15) is 0 Å². The van der Waals surface area contributed by atoms with E-state index >= 15 is 0 Å². The van der Waals surface area contributed by atoms with E-state index in [1.165, 1.54) is 96.3 Å².